The molecule has 1 fully saturated rings. The average molecular weight is 234 g/mol. The number of aromatic carboxylic acids is 1. The maximum Gasteiger partial charge on any atom is 0.374 e. The molecule has 1 N–H and O–H groups in total. The summed E-state index contributed by atoms with van der Waals surface area (Å²) in [6.07, 6.45) is 3.93. The predicted octanol–water partition coefficient (Wildman–Crippen LogP) is 0.593. The highest BCUT2D eigenvalue weighted by molar-refractivity contribution is 5.85. The van der Waals surface area contributed by atoms with Crippen LogP contribution >= 0.6 is 0 Å². The summed E-state index contributed by atoms with van der Waals surface area (Å²) in [5, 5.41) is 8.92. The summed E-state index contributed by atoms with van der Waals surface area (Å²) in [5.74, 6) is -0.461. The summed E-state index contributed by atoms with van der Waals surface area (Å²) in [6, 6.07) is 0.438. The third-order valence-electron chi connectivity index (χ3n) is 3.56. The highest BCUT2D eigenvalue weighted by Gasteiger charge is 2.33. The third kappa shape index (κ3) is 1.51. The maximum atomic E-state index is 10.9. The summed E-state index contributed by atoms with van der Waals surface area (Å²) in [4.78, 5) is 23.3. The first kappa shape index (κ1) is 10.3. The summed E-state index contributed by atoms with van der Waals surface area (Å²) in [6.45, 7) is 1.99. The van der Waals surface area contributed by atoms with Gasteiger partial charge in [0.15, 0.2) is 5.82 Å². The SMILES string of the molecule is CN1c2nc(C(=O)O)ncc2N2CCCC1C2. The summed E-state index contributed by atoms with van der Waals surface area (Å²) >= 11 is 0. The van der Waals surface area contributed by atoms with Crippen molar-refractivity contribution in [1.29, 1.82) is 0 Å². The van der Waals surface area contributed by atoms with E-state index in [1.54, 1.807) is 6.20 Å². The standard InChI is InChI=1S/C11H14N4O2/c1-14-7-3-2-4-15(6-7)8-5-12-9(11(16)17)13-10(8)14/h5,7H,2-4,6H2,1H3,(H,16,17). The van der Waals surface area contributed by atoms with Crippen molar-refractivity contribution in [3.8, 4) is 0 Å². The van der Waals surface area contributed by atoms with Crippen molar-refractivity contribution in [1.82, 2.24) is 9.97 Å². The monoisotopic (exact) mass is 234 g/mol. The molecular weight excluding hydrogens is 220 g/mol. The maximum absolute atomic E-state index is 10.9. The first-order valence-electron chi connectivity index (χ1n) is 5.75. The highest BCUT2D eigenvalue weighted by Crippen LogP contribution is 2.35. The van der Waals surface area contributed by atoms with E-state index < -0.39 is 5.97 Å². The van der Waals surface area contributed by atoms with Crippen LogP contribution in [0.2, 0.25) is 0 Å². The Morgan fingerprint density at radius 1 is 1.59 bits per heavy atom. The normalized spacial score (nSPS) is 22.3. The number of anilines is 2. The molecule has 0 aliphatic carbocycles. The molecule has 3 heterocycles. The number of rotatable bonds is 1. The zero-order chi connectivity index (χ0) is 12.0. The number of hydrogen-bond acceptors (Lipinski definition) is 5. The number of piperidine rings is 1. The molecule has 6 nitrogen and oxygen atoms in total. The van der Waals surface area contributed by atoms with Gasteiger partial charge in [-0.1, -0.05) is 0 Å². The molecule has 0 saturated carbocycles. The topological polar surface area (TPSA) is 69.6 Å². The number of likely N-dealkylation sites (N-methyl/N-ethyl adjacent to an activating group) is 1. The molecule has 90 valence electrons. The van der Waals surface area contributed by atoms with Gasteiger partial charge in [-0.05, 0) is 12.8 Å². The van der Waals surface area contributed by atoms with Gasteiger partial charge < -0.3 is 14.9 Å². The summed E-state index contributed by atoms with van der Waals surface area (Å²) in [7, 11) is 1.98. The lowest BCUT2D eigenvalue weighted by molar-refractivity contribution is 0.0683. The van der Waals surface area contributed by atoms with Crippen LogP contribution in [0.15, 0.2) is 6.20 Å². The molecule has 1 saturated heterocycles. The lowest BCUT2D eigenvalue weighted by Gasteiger charge is -2.45. The molecule has 0 spiro atoms. The van der Waals surface area contributed by atoms with Gasteiger partial charge in [0, 0.05) is 26.2 Å². The second-order valence-electron chi connectivity index (χ2n) is 4.56. The Morgan fingerprint density at radius 2 is 2.41 bits per heavy atom. The Morgan fingerprint density at radius 3 is 3.18 bits per heavy atom. The minimum atomic E-state index is -1.08. The Bertz CT molecular complexity index is 477. The zero-order valence-electron chi connectivity index (χ0n) is 9.63. The molecular formula is C11H14N4O2. The van der Waals surface area contributed by atoms with E-state index >= 15 is 0 Å². The molecule has 6 heteroatoms. The molecule has 0 radical (unpaired) electrons. The molecule has 0 aromatic carbocycles. The van der Waals surface area contributed by atoms with Crippen LogP contribution in [-0.2, 0) is 0 Å². The largest absolute Gasteiger partial charge is 0.475 e. The molecule has 1 atom stereocenters. The number of nitrogens with zero attached hydrogens (tertiary/aromatic N) is 4. The van der Waals surface area contributed by atoms with E-state index in [2.05, 4.69) is 19.8 Å². The summed E-state index contributed by atoms with van der Waals surface area (Å²) < 4.78 is 0. The smallest absolute Gasteiger partial charge is 0.374 e. The second-order valence-corrected chi connectivity index (χ2v) is 4.56. The van der Waals surface area contributed by atoms with E-state index in [4.69, 9.17) is 5.11 Å². The predicted molar refractivity (Wildman–Crippen MR) is 62.6 cm³/mol. The van der Waals surface area contributed by atoms with Crippen molar-refractivity contribution < 1.29 is 9.90 Å². The van der Waals surface area contributed by atoms with Gasteiger partial charge in [0.2, 0.25) is 5.82 Å². The van der Waals surface area contributed by atoms with Crippen molar-refractivity contribution in [2.24, 2.45) is 0 Å². The Balaban J connectivity index is 2.09. The van der Waals surface area contributed by atoms with E-state index in [0.29, 0.717) is 6.04 Å². The highest BCUT2D eigenvalue weighted by atomic mass is 16.4. The molecule has 2 aliphatic rings. The van der Waals surface area contributed by atoms with E-state index in [0.717, 1.165) is 37.4 Å². The van der Waals surface area contributed by atoms with Gasteiger partial charge in [-0.25, -0.2) is 14.8 Å². The number of hydrogen-bond donors (Lipinski definition) is 1. The minimum Gasteiger partial charge on any atom is -0.475 e. The minimum absolute atomic E-state index is 0.128. The molecule has 2 bridgehead atoms. The van der Waals surface area contributed by atoms with Crippen LogP contribution in [0.4, 0.5) is 11.5 Å². The zero-order valence-corrected chi connectivity index (χ0v) is 9.63. The lowest BCUT2D eigenvalue weighted by atomic mass is 10.0. The van der Waals surface area contributed by atoms with E-state index in [9.17, 15) is 4.79 Å². The third-order valence-corrected chi connectivity index (χ3v) is 3.56. The van der Waals surface area contributed by atoms with Gasteiger partial charge >= 0.3 is 5.97 Å². The Hall–Kier alpha value is -1.85. The van der Waals surface area contributed by atoms with Crippen molar-refractivity contribution in [2.75, 3.05) is 29.9 Å². The Labute approximate surface area is 98.9 Å². The molecule has 2 aliphatic heterocycles. The second kappa shape index (κ2) is 3.58. The fraction of sp³-hybridized carbons (Fsp3) is 0.545. The van der Waals surface area contributed by atoms with Gasteiger partial charge in [-0.3, -0.25) is 0 Å². The molecule has 0 amide bonds. The van der Waals surface area contributed by atoms with Crippen molar-refractivity contribution in [3.63, 3.8) is 0 Å². The van der Waals surface area contributed by atoms with E-state index in [1.807, 2.05) is 7.05 Å². The number of carboxylic acids is 1. The van der Waals surface area contributed by atoms with Crippen LogP contribution in [0.3, 0.4) is 0 Å². The molecule has 3 rings (SSSR count). The number of aromatic nitrogens is 2. The van der Waals surface area contributed by atoms with Gasteiger partial charge in [0.1, 0.15) is 0 Å². The van der Waals surface area contributed by atoms with Gasteiger partial charge in [0.05, 0.1) is 11.9 Å². The van der Waals surface area contributed by atoms with Gasteiger partial charge in [-0.15, -0.1) is 0 Å². The quantitative estimate of drug-likeness (QED) is 0.767. The first-order chi connectivity index (χ1) is 8.16. The first-order valence-corrected chi connectivity index (χ1v) is 5.75. The molecule has 17 heavy (non-hydrogen) atoms. The van der Waals surface area contributed by atoms with Crippen LogP contribution in [-0.4, -0.2) is 47.2 Å². The van der Waals surface area contributed by atoms with Crippen LogP contribution in [0.25, 0.3) is 0 Å². The van der Waals surface area contributed by atoms with E-state index in [-0.39, 0.29) is 5.82 Å². The molecule has 1 aromatic rings. The van der Waals surface area contributed by atoms with Crippen molar-refractivity contribution in [3.05, 3.63) is 12.0 Å². The number of fused-ring (bicyclic) bond motifs is 4. The van der Waals surface area contributed by atoms with Crippen LogP contribution in [0.5, 0.6) is 0 Å². The average Bonchev–Trinajstić information content (AvgIpc) is 2.36. The molecule has 1 unspecified atom stereocenters. The molecule has 1 aromatic heterocycles. The van der Waals surface area contributed by atoms with Gasteiger partial charge in [-0.2, -0.15) is 0 Å². The number of carbonyl (C=O) groups is 1. The number of carboxylic acid groups (broad SMARTS) is 1. The lowest BCUT2D eigenvalue weighted by Crippen LogP contribution is -2.51. The Kier molecular flexibility index (Phi) is 2.17. The van der Waals surface area contributed by atoms with Crippen molar-refractivity contribution >= 4 is 17.5 Å². The van der Waals surface area contributed by atoms with Crippen LogP contribution < -0.4 is 9.80 Å². The van der Waals surface area contributed by atoms with Crippen LogP contribution in [0.1, 0.15) is 23.5 Å². The fourth-order valence-corrected chi connectivity index (χ4v) is 2.61. The van der Waals surface area contributed by atoms with Gasteiger partial charge in [0.25, 0.3) is 0 Å². The summed E-state index contributed by atoms with van der Waals surface area (Å²) in [5.41, 5.74) is 0.952. The van der Waals surface area contributed by atoms with Crippen molar-refractivity contribution in [2.45, 2.75) is 18.9 Å². The van der Waals surface area contributed by atoms with E-state index in [1.165, 1.54) is 0 Å². The fourth-order valence-electron chi connectivity index (χ4n) is 2.61. The van der Waals surface area contributed by atoms with Crippen LogP contribution in [0, 0.1) is 0 Å².